The number of amides is 2. The van der Waals surface area contributed by atoms with Crippen molar-refractivity contribution in [3.05, 3.63) is 51.9 Å². The van der Waals surface area contributed by atoms with Crippen molar-refractivity contribution in [2.24, 2.45) is 11.7 Å². The highest BCUT2D eigenvalue weighted by Crippen LogP contribution is 2.26. The molecule has 0 saturated carbocycles. The van der Waals surface area contributed by atoms with Crippen LogP contribution in [0.25, 0.3) is 0 Å². The molecule has 0 fully saturated rings. The minimum absolute atomic E-state index is 0.137. The Hall–Kier alpha value is -2.61. The van der Waals surface area contributed by atoms with E-state index < -0.39 is 11.8 Å². The summed E-state index contributed by atoms with van der Waals surface area (Å²) in [4.78, 5) is 40.4. The molecular formula is C16H16N4O3S. The Morgan fingerprint density at radius 1 is 1.38 bits per heavy atom. The molecule has 0 spiro atoms. The van der Waals surface area contributed by atoms with Gasteiger partial charge in [0.15, 0.2) is 5.16 Å². The SMILES string of the molecule is Cc1cnc2n(c1=O)CC(C(=O)Nc1ccccc1C(N)=O)CS2. The van der Waals surface area contributed by atoms with Gasteiger partial charge in [-0.25, -0.2) is 4.98 Å². The molecule has 1 aromatic heterocycles. The van der Waals surface area contributed by atoms with Crippen LogP contribution in [-0.2, 0) is 11.3 Å². The van der Waals surface area contributed by atoms with Crippen molar-refractivity contribution >= 4 is 29.3 Å². The third-order valence-electron chi connectivity index (χ3n) is 3.82. The van der Waals surface area contributed by atoms with Gasteiger partial charge in [0, 0.05) is 24.1 Å². The van der Waals surface area contributed by atoms with Gasteiger partial charge in [-0.3, -0.25) is 19.0 Å². The van der Waals surface area contributed by atoms with Gasteiger partial charge in [-0.1, -0.05) is 23.9 Å². The second-order valence-electron chi connectivity index (χ2n) is 5.55. The number of benzene rings is 1. The van der Waals surface area contributed by atoms with E-state index >= 15 is 0 Å². The number of fused-ring (bicyclic) bond motifs is 1. The molecule has 24 heavy (non-hydrogen) atoms. The third kappa shape index (κ3) is 3.05. The maximum absolute atomic E-state index is 12.5. The highest BCUT2D eigenvalue weighted by Gasteiger charge is 2.27. The third-order valence-corrected chi connectivity index (χ3v) is 4.97. The lowest BCUT2D eigenvalue weighted by Gasteiger charge is -2.24. The monoisotopic (exact) mass is 344 g/mol. The first-order valence-electron chi connectivity index (χ1n) is 7.36. The zero-order valence-electron chi connectivity index (χ0n) is 13.0. The van der Waals surface area contributed by atoms with Crippen LogP contribution in [0.2, 0.25) is 0 Å². The van der Waals surface area contributed by atoms with Crippen LogP contribution in [-0.4, -0.2) is 27.1 Å². The fourth-order valence-corrected chi connectivity index (χ4v) is 3.55. The molecule has 1 aliphatic rings. The normalized spacial score (nSPS) is 16.3. The minimum atomic E-state index is -0.606. The number of nitrogens with two attached hydrogens (primary N) is 1. The molecule has 2 amide bonds. The summed E-state index contributed by atoms with van der Waals surface area (Å²) in [6, 6.07) is 6.57. The van der Waals surface area contributed by atoms with E-state index in [-0.39, 0.29) is 23.6 Å². The molecule has 1 aromatic carbocycles. The van der Waals surface area contributed by atoms with Gasteiger partial charge in [0.05, 0.1) is 17.2 Å². The molecule has 0 aliphatic carbocycles. The molecule has 0 saturated heterocycles. The Balaban J connectivity index is 1.81. The van der Waals surface area contributed by atoms with Crippen LogP contribution in [0.1, 0.15) is 15.9 Å². The van der Waals surface area contributed by atoms with Gasteiger partial charge < -0.3 is 11.1 Å². The first kappa shape index (κ1) is 16.3. The van der Waals surface area contributed by atoms with Crippen molar-refractivity contribution in [2.75, 3.05) is 11.1 Å². The van der Waals surface area contributed by atoms with Gasteiger partial charge in [-0.15, -0.1) is 0 Å². The Bertz CT molecular complexity index is 878. The molecule has 0 bridgehead atoms. The van der Waals surface area contributed by atoms with Crippen LogP contribution < -0.4 is 16.6 Å². The van der Waals surface area contributed by atoms with Gasteiger partial charge in [-0.05, 0) is 19.1 Å². The maximum Gasteiger partial charge on any atom is 0.257 e. The summed E-state index contributed by atoms with van der Waals surface area (Å²) in [6.07, 6.45) is 1.55. The van der Waals surface area contributed by atoms with Gasteiger partial charge in [-0.2, -0.15) is 0 Å². The summed E-state index contributed by atoms with van der Waals surface area (Å²) in [7, 11) is 0. The Morgan fingerprint density at radius 2 is 2.12 bits per heavy atom. The number of primary amides is 1. The van der Waals surface area contributed by atoms with Crippen LogP contribution >= 0.6 is 11.8 Å². The second-order valence-corrected chi connectivity index (χ2v) is 6.53. The van der Waals surface area contributed by atoms with Crippen LogP contribution in [0.15, 0.2) is 40.4 Å². The lowest BCUT2D eigenvalue weighted by atomic mass is 10.1. The van der Waals surface area contributed by atoms with E-state index in [0.717, 1.165) is 0 Å². The van der Waals surface area contributed by atoms with Crippen LogP contribution in [0, 0.1) is 12.8 Å². The quantitative estimate of drug-likeness (QED) is 0.808. The van der Waals surface area contributed by atoms with Crippen LogP contribution in [0.3, 0.4) is 0 Å². The lowest BCUT2D eigenvalue weighted by molar-refractivity contribution is -0.119. The molecular weight excluding hydrogens is 328 g/mol. The number of aryl methyl sites for hydroxylation is 1. The number of anilines is 1. The Kier molecular flexibility index (Phi) is 4.39. The summed E-state index contributed by atoms with van der Waals surface area (Å²) in [5.74, 6) is -0.745. The smallest absolute Gasteiger partial charge is 0.257 e. The zero-order chi connectivity index (χ0) is 17.3. The van der Waals surface area contributed by atoms with Gasteiger partial charge in [0.25, 0.3) is 11.5 Å². The number of hydrogen-bond acceptors (Lipinski definition) is 5. The van der Waals surface area contributed by atoms with Crippen molar-refractivity contribution in [3.63, 3.8) is 0 Å². The number of nitrogens with zero attached hydrogens (tertiary/aromatic N) is 2. The molecule has 1 aliphatic heterocycles. The van der Waals surface area contributed by atoms with Crippen molar-refractivity contribution < 1.29 is 9.59 Å². The van der Waals surface area contributed by atoms with E-state index in [4.69, 9.17) is 5.73 Å². The largest absolute Gasteiger partial charge is 0.366 e. The standard InChI is InChI=1S/C16H16N4O3S/c1-9-6-18-16-20(15(9)23)7-10(8-24-16)14(22)19-12-5-3-2-4-11(12)13(17)21/h2-6,10H,7-8H2,1H3,(H2,17,21)(H,19,22). The van der Waals surface area contributed by atoms with Crippen molar-refractivity contribution in [2.45, 2.75) is 18.6 Å². The Morgan fingerprint density at radius 3 is 2.88 bits per heavy atom. The molecule has 7 nitrogen and oxygen atoms in total. The maximum atomic E-state index is 12.5. The average Bonchev–Trinajstić information content (AvgIpc) is 2.58. The fraction of sp³-hybridized carbons (Fsp3) is 0.250. The number of carbonyl (C=O) groups is 2. The second kappa shape index (κ2) is 6.48. The molecule has 8 heteroatoms. The summed E-state index contributed by atoms with van der Waals surface area (Å²) in [6.45, 7) is 1.96. The van der Waals surface area contributed by atoms with E-state index in [1.165, 1.54) is 16.3 Å². The molecule has 2 aromatic rings. The van der Waals surface area contributed by atoms with E-state index in [2.05, 4.69) is 10.3 Å². The summed E-state index contributed by atoms with van der Waals surface area (Å²) in [5.41, 5.74) is 6.35. The Labute approximate surface area is 142 Å². The summed E-state index contributed by atoms with van der Waals surface area (Å²) < 4.78 is 1.52. The van der Waals surface area contributed by atoms with Crippen molar-refractivity contribution in [1.82, 2.24) is 9.55 Å². The fourth-order valence-electron chi connectivity index (χ4n) is 2.50. The molecule has 0 radical (unpaired) electrons. The number of thioether (sulfide) groups is 1. The first-order chi connectivity index (χ1) is 11.5. The van der Waals surface area contributed by atoms with Crippen LogP contribution in [0.4, 0.5) is 5.69 Å². The van der Waals surface area contributed by atoms with Gasteiger partial charge in [0.2, 0.25) is 5.91 Å². The van der Waals surface area contributed by atoms with E-state index in [1.807, 2.05) is 0 Å². The number of aromatic nitrogens is 2. The number of para-hydroxylation sites is 1. The average molecular weight is 344 g/mol. The van der Waals surface area contributed by atoms with Crippen molar-refractivity contribution in [3.8, 4) is 0 Å². The lowest BCUT2D eigenvalue weighted by Crippen LogP contribution is -2.37. The summed E-state index contributed by atoms with van der Waals surface area (Å²) >= 11 is 1.37. The first-order valence-corrected chi connectivity index (χ1v) is 8.35. The number of rotatable bonds is 3. The molecule has 124 valence electrons. The minimum Gasteiger partial charge on any atom is -0.366 e. The molecule has 2 heterocycles. The highest BCUT2D eigenvalue weighted by molar-refractivity contribution is 7.99. The van der Waals surface area contributed by atoms with Gasteiger partial charge >= 0.3 is 0 Å². The predicted octanol–water partition coefficient (Wildman–Crippen LogP) is 1.01. The van der Waals surface area contributed by atoms with E-state index in [9.17, 15) is 14.4 Å². The number of carbonyl (C=O) groups excluding carboxylic acids is 2. The van der Waals surface area contributed by atoms with Crippen LogP contribution in [0.5, 0.6) is 0 Å². The predicted molar refractivity (Wildman–Crippen MR) is 91.0 cm³/mol. The highest BCUT2D eigenvalue weighted by atomic mass is 32.2. The van der Waals surface area contributed by atoms with Crippen molar-refractivity contribution in [1.29, 1.82) is 0 Å². The molecule has 3 N–H and O–H groups in total. The zero-order valence-corrected chi connectivity index (χ0v) is 13.8. The number of nitrogens with one attached hydrogen (secondary N) is 1. The topological polar surface area (TPSA) is 107 Å². The molecule has 3 rings (SSSR count). The molecule has 1 atom stereocenters. The number of hydrogen-bond donors (Lipinski definition) is 2. The van der Waals surface area contributed by atoms with E-state index in [0.29, 0.717) is 22.2 Å². The van der Waals surface area contributed by atoms with Gasteiger partial charge in [0.1, 0.15) is 0 Å². The van der Waals surface area contributed by atoms with E-state index in [1.54, 1.807) is 37.4 Å². The molecule has 1 unspecified atom stereocenters. The summed E-state index contributed by atoms with van der Waals surface area (Å²) in [5, 5.41) is 3.36.